The Balaban J connectivity index is 1.49. The van der Waals surface area contributed by atoms with Crippen molar-refractivity contribution in [2.75, 3.05) is 5.32 Å². The van der Waals surface area contributed by atoms with Crippen molar-refractivity contribution in [3.05, 3.63) is 87.5 Å². The minimum Gasteiger partial charge on any atom is -0.347 e. The van der Waals surface area contributed by atoms with Crippen LogP contribution in [0.25, 0.3) is 27.8 Å². The predicted molar refractivity (Wildman–Crippen MR) is 114 cm³/mol. The smallest absolute Gasteiger partial charge is 0.334 e. The van der Waals surface area contributed by atoms with Gasteiger partial charge in [0.15, 0.2) is 5.65 Å². The third kappa shape index (κ3) is 2.93. The van der Waals surface area contributed by atoms with Crippen molar-refractivity contribution in [2.24, 2.45) is 7.05 Å². The van der Waals surface area contributed by atoms with E-state index in [1.807, 2.05) is 41.9 Å². The van der Waals surface area contributed by atoms with E-state index in [1.54, 1.807) is 24.3 Å². The number of rotatable bonds is 4. The first-order valence-corrected chi connectivity index (χ1v) is 9.33. The third-order valence-corrected chi connectivity index (χ3v) is 4.95. The lowest BCUT2D eigenvalue weighted by molar-refractivity contribution is 0.828. The molecule has 30 heavy (non-hydrogen) atoms. The molecular weight excluding hydrogens is 382 g/mol. The van der Waals surface area contributed by atoms with Crippen LogP contribution in [0.2, 0.25) is 0 Å². The van der Waals surface area contributed by atoms with Crippen LogP contribution >= 0.6 is 0 Å². The molecule has 0 amide bonds. The summed E-state index contributed by atoms with van der Waals surface area (Å²) >= 11 is 0. The molecule has 0 fully saturated rings. The number of aromatic nitrogens is 6. The molecule has 2 aromatic carbocycles. The third-order valence-electron chi connectivity index (χ3n) is 4.95. The second kappa shape index (κ2) is 6.96. The van der Waals surface area contributed by atoms with E-state index in [0.29, 0.717) is 18.2 Å². The summed E-state index contributed by atoms with van der Waals surface area (Å²) in [6, 6.07) is 16.6. The lowest BCUT2D eigenvalue weighted by atomic mass is 10.3. The highest BCUT2D eigenvalue weighted by Crippen LogP contribution is 2.15. The molecule has 0 aliphatic heterocycles. The van der Waals surface area contributed by atoms with Crippen LogP contribution in [0.15, 0.2) is 70.4 Å². The molecule has 0 saturated carbocycles. The van der Waals surface area contributed by atoms with Crippen molar-refractivity contribution in [2.45, 2.75) is 6.54 Å². The van der Waals surface area contributed by atoms with Crippen molar-refractivity contribution >= 4 is 28.0 Å². The van der Waals surface area contributed by atoms with Gasteiger partial charge >= 0.3 is 5.69 Å². The molecule has 0 saturated heterocycles. The van der Waals surface area contributed by atoms with E-state index in [4.69, 9.17) is 0 Å². The number of aromatic amines is 1. The summed E-state index contributed by atoms with van der Waals surface area (Å²) in [7, 11) is 1.94. The van der Waals surface area contributed by atoms with Gasteiger partial charge in [0.05, 0.1) is 23.3 Å². The number of para-hydroxylation sites is 3. The number of nitrogens with one attached hydrogen (secondary N) is 2. The Kier molecular flexibility index (Phi) is 4.13. The van der Waals surface area contributed by atoms with Gasteiger partial charge in [0, 0.05) is 13.2 Å². The molecule has 0 spiro atoms. The van der Waals surface area contributed by atoms with Crippen LogP contribution in [-0.2, 0) is 13.6 Å². The van der Waals surface area contributed by atoms with Crippen LogP contribution in [-0.4, -0.2) is 29.1 Å². The van der Waals surface area contributed by atoms with E-state index < -0.39 is 11.2 Å². The number of H-pyrrole nitrogens is 1. The van der Waals surface area contributed by atoms with Crippen LogP contribution in [0.1, 0.15) is 5.82 Å². The van der Waals surface area contributed by atoms with Crippen LogP contribution in [0.3, 0.4) is 0 Å². The molecular formula is C21H17N7O2. The van der Waals surface area contributed by atoms with E-state index in [0.717, 1.165) is 21.4 Å². The number of benzene rings is 2. The Labute approximate surface area is 169 Å². The molecule has 0 bridgehead atoms. The summed E-state index contributed by atoms with van der Waals surface area (Å²) in [6.07, 6.45) is 1.41. The Bertz CT molecular complexity index is 1500. The van der Waals surface area contributed by atoms with Gasteiger partial charge in [-0.15, -0.1) is 0 Å². The summed E-state index contributed by atoms with van der Waals surface area (Å²) in [5.74, 6) is 1.11. The zero-order valence-corrected chi connectivity index (χ0v) is 16.0. The number of aryl methyl sites for hydroxylation is 1. The summed E-state index contributed by atoms with van der Waals surface area (Å²) in [4.78, 5) is 41.1. The lowest BCUT2D eigenvalue weighted by Crippen LogP contribution is -2.34. The van der Waals surface area contributed by atoms with Crippen molar-refractivity contribution in [1.82, 2.24) is 29.1 Å². The molecule has 5 rings (SSSR count). The summed E-state index contributed by atoms with van der Waals surface area (Å²) < 4.78 is 3.06. The lowest BCUT2D eigenvalue weighted by Gasteiger charge is -2.08. The average Bonchev–Trinajstić information content (AvgIpc) is 3.08. The number of imidazole rings is 1. The van der Waals surface area contributed by atoms with Crippen molar-refractivity contribution in [3.63, 3.8) is 0 Å². The number of anilines is 1. The fourth-order valence-electron chi connectivity index (χ4n) is 3.41. The van der Waals surface area contributed by atoms with Gasteiger partial charge in [-0.3, -0.25) is 9.78 Å². The molecule has 2 N–H and O–H groups in total. The molecule has 148 valence electrons. The number of fused-ring (bicyclic) bond motifs is 2. The van der Waals surface area contributed by atoms with Crippen LogP contribution in [0, 0.1) is 0 Å². The largest absolute Gasteiger partial charge is 0.347 e. The van der Waals surface area contributed by atoms with Crippen molar-refractivity contribution in [1.29, 1.82) is 0 Å². The molecule has 0 radical (unpaired) electrons. The topological polar surface area (TPSA) is 110 Å². The van der Waals surface area contributed by atoms with E-state index in [9.17, 15) is 9.59 Å². The average molecular weight is 399 g/mol. The highest BCUT2D eigenvalue weighted by Gasteiger charge is 2.12. The highest BCUT2D eigenvalue weighted by molar-refractivity contribution is 5.76. The quantitative estimate of drug-likeness (QED) is 0.478. The van der Waals surface area contributed by atoms with Crippen molar-refractivity contribution < 1.29 is 0 Å². The summed E-state index contributed by atoms with van der Waals surface area (Å²) in [5.41, 5.74) is 1.57. The first kappa shape index (κ1) is 17.8. The van der Waals surface area contributed by atoms with E-state index in [-0.39, 0.29) is 11.0 Å². The van der Waals surface area contributed by atoms with Crippen LogP contribution < -0.4 is 16.6 Å². The Hall–Kier alpha value is -4.27. The van der Waals surface area contributed by atoms with Gasteiger partial charge in [0.2, 0.25) is 5.95 Å². The molecule has 0 atom stereocenters. The van der Waals surface area contributed by atoms with Crippen LogP contribution in [0.5, 0.6) is 0 Å². The maximum absolute atomic E-state index is 12.8. The fourth-order valence-corrected chi connectivity index (χ4v) is 3.41. The van der Waals surface area contributed by atoms with Gasteiger partial charge in [0.1, 0.15) is 11.2 Å². The highest BCUT2D eigenvalue weighted by atomic mass is 16.2. The van der Waals surface area contributed by atoms with Gasteiger partial charge in [-0.1, -0.05) is 30.3 Å². The molecule has 9 heteroatoms. The Morgan fingerprint density at radius 1 is 1.00 bits per heavy atom. The van der Waals surface area contributed by atoms with Gasteiger partial charge in [-0.25, -0.2) is 19.3 Å². The SMILES string of the molecule is Cn1c(CNc2ncc3c(=O)n(-c4ccccc4)c(=O)[nH]c3n2)nc2ccccc21. The first-order valence-electron chi connectivity index (χ1n) is 9.33. The standard InChI is InChI=1S/C21H17N7O2/c1-27-16-10-6-5-9-15(16)24-17(27)12-23-20-22-11-14-18(25-20)26-21(30)28(19(14)29)13-7-3-2-4-8-13/h2-11H,12H2,1H3,(H2,22,23,25,26,30). The van der Waals surface area contributed by atoms with E-state index >= 15 is 0 Å². The maximum atomic E-state index is 12.8. The molecule has 3 heterocycles. The zero-order valence-electron chi connectivity index (χ0n) is 16.0. The van der Waals surface area contributed by atoms with Gasteiger partial charge in [-0.2, -0.15) is 4.98 Å². The van der Waals surface area contributed by atoms with E-state index in [2.05, 4.69) is 25.3 Å². The van der Waals surface area contributed by atoms with Gasteiger partial charge in [0.25, 0.3) is 5.56 Å². The Morgan fingerprint density at radius 3 is 2.57 bits per heavy atom. The van der Waals surface area contributed by atoms with Crippen molar-refractivity contribution in [3.8, 4) is 5.69 Å². The maximum Gasteiger partial charge on any atom is 0.334 e. The number of hydrogen-bond donors (Lipinski definition) is 2. The minimum atomic E-state index is -0.557. The monoisotopic (exact) mass is 399 g/mol. The number of hydrogen-bond acceptors (Lipinski definition) is 6. The predicted octanol–water partition coefficient (Wildman–Crippen LogP) is 1.97. The second-order valence-corrected chi connectivity index (χ2v) is 6.79. The zero-order chi connectivity index (χ0) is 20.7. The Morgan fingerprint density at radius 2 is 1.77 bits per heavy atom. The molecule has 5 aromatic rings. The molecule has 9 nitrogen and oxygen atoms in total. The van der Waals surface area contributed by atoms with E-state index in [1.165, 1.54) is 6.20 Å². The molecule has 0 aliphatic carbocycles. The van der Waals surface area contributed by atoms with Gasteiger partial charge < -0.3 is 9.88 Å². The second-order valence-electron chi connectivity index (χ2n) is 6.79. The number of nitrogens with zero attached hydrogens (tertiary/aromatic N) is 5. The molecule has 3 aromatic heterocycles. The summed E-state index contributed by atoms with van der Waals surface area (Å²) in [5, 5.41) is 3.33. The fraction of sp³-hybridized carbons (Fsp3) is 0.0952. The minimum absolute atomic E-state index is 0.180. The van der Waals surface area contributed by atoms with Crippen LogP contribution in [0.4, 0.5) is 5.95 Å². The normalized spacial score (nSPS) is 11.2. The molecule has 0 unspecified atom stereocenters. The molecule has 0 aliphatic rings. The van der Waals surface area contributed by atoms with Gasteiger partial charge in [-0.05, 0) is 24.3 Å². The first-order chi connectivity index (χ1) is 14.6. The summed E-state index contributed by atoms with van der Waals surface area (Å²) in [6.45, 7) is 0.391.